The normalized spacial score (nSPS) is 29.9. The summed E-state index contributed by atoms with van der Waals surface area (Å²) in [6, 6.07) is 2.78. The smallest absolute Gasteiger partial charge is 0.0782 e. The molecule has 0 aromatic carbocycles. The SMILES string of the molecule is CCCCCCC[C@H]1CC=C(C2(C#N)CCC(CCCC)CC2)CC1. The summed E-state index contributed by atoms with van der Waals surface area (Å²) in [5.41, 5.74) is 1.43. The van der Waals surface area contributed by atoms with Crippen LogP contribution >= 0.6 is 0 Å². The van der Waals surface area contributed by atoms with Gasteiger partial charge in [0.15, 0.2) is 0 Å². The Bertz CT molecular complexity index is 434. The highest BCUT2D eigenvalue weighted by Crippen LogP contribution is 2.48. The zero-order chi connectivity index (χ0) is 18.0. The Kier molecular flexibility index (Phi) is 9.08. The lowest BCUT2D eigenvalue weighted by Crippen LogP contribution is -2.29. The molecule has 0 aromatic rings. The largest absolute Gasteiger partial charge is 0.197 e. The van der Waals surface area contributed by atoms with Crippen molar-refractivity contribution in [2.24, 2.45) is 17.3 Å². The van der Waals surface area contributed by atoms with Gasteiger partial charge in [-0.25, -0.2) is 0 Å². The topological polar surface area (TPSA) is 23.8 Å². The van der Waals surface area contributed by atoms with E-state index in [0.717, 1.165) is 24.7 Å². The standard InChI is InChI=1S/C24H41N/c1-3-5-7-8-9-11-21-12-14-23(15-13-21)24(20-25)18-16-22(17-19-24)10-6-4-2/h14,21-22H,3-13,15-19H2,1-2H3/t21-,22?,24?/m0/s1. The molecule has 0 saturated heterocycles. The zero-order valence-electron chi connectivity index (χ0n) is 17.0. The third kappa shape index (κ3) is 6.16. The second kappa shape index (κ2) is 11.1. The average molecular weight is 344 g/mol. The first-order valence-corrected chi connectivity index (χ1v) is 11.3. The molecule has 0 heterocycles. The van der Waals surface area contributed by atoms with E-state index in [4.69, 9.17) is 0 Å². The number of nitrogens with zero attached hydrogens (tertiary/aromatic N) is 1. The van der Waals surface area contributed by atoms with Crippen LogP contribution < -0.4 is 0 Å². The van der Waals surface area contributed by atoms with E-state index >= 15 is 0 Å². The summed E-state index contributed by atoms with van der Waals surface area (Å²) in [5.74, 6) is 1.78. The lowest BCUT2D eigenvalue weighted by Gasteiger charge is -2.39. The Labute approximate surface area is 157 Å². The monoisotopic (exact) mass is 343 g/mol. The van der Waals surface area contributed by atoms with E-state index in [1.165, 1.54) is 95.5 Å². The summed E-state index contributed by atoms with van der Waals surface area (Å²) < 4.78 is 0. The van der Waals surface area contributed by atoms with Gasteiger partial charge < -0.3 is 0 Å². The number of rotatable bonds is 10. The maximum Gasteiger partial charge on any atom is 0.0782 e. The molecule has 0 radical (unpaired) electrons. The molecule has 0 amide bonds. The molecule has 0 bridgehead atoms. The first-order chi connectivity index (χ1) is 12.2. The molecule has 2 aliphatic rings. The highest BCUT2D eigenvalue weighted by Gasteiger charge is 2.39. The molecular formula is C24H41N. The Morgan fingerprint density at radius 1 is 0.920 bits per heavy atom. The number of hydrogen-bond acceptors (Lipinski definition) is 1. The van der Waals surface area contributed by atoms with Crippen LogP contribution in [0, 0.1) is 28.6 Å². The predicted molar refractivity (Wildman–Crippen MR) is 108 cm³/mol. The van der Waals surface area contributed by atoms with E-state index in [2.05, 4.69) is 26.0 Å². The minimum absolute atomic E-state index is 0.0885. The van der Waals surface area contributed by atoms with Gasteiger partial charge in [0.2, 0.25) is 0 Å². The molecule has 1 nitrogen and oxygen atoms in total. The van der Waals surface area contributed by atoms with Gasteiger partial charge in [-0.15, -0.1) is 0 Å². The van der Waals surface area contributed by atoms with Crippen molar-refractivity contribution >= 4 is 0 Å². The molecule has 1 fully saturated rings. The van der Waals surface area contributed by atoms with E-state index in [9.17, 15) is 5.26 Å². The minimum atomic E-state index is -0.0885. The van der Waals surface area contributed by atoms with Crippen molar-refractivity contribution in [2.75, 3.05) is 0 Å². The molecule has 0 aromatic heterocycles. The van der Waals surface area contributed by atoms with Crippen molar-refractivity contribution in [3.63, 3.8) is 0 Å². The van der Waals surface area contributed by atoms with Gasteiger partial charge in [-0.2, -0.15) is 5.26 Å². The van der Waals surface area contributed by atoms with E-state index in [1.54, 1.807) is 0 Å². The van der Waals surface area contributed by atoms with Crippen molar-refractivity contribution in [1.29, 1.82) is 5.26 Å². The number of unbranched alkanes of at least 4 members (excludes halogenated alkanes) is 5. The molecule has 1 heteroatoms. The van der Waals surface area contributed by atoms with Gasteiger partial charge in [0.05, 0.1) is 11.5 Å². The van der Waals surface area contributed by atoms with Crippen LogP contribution in [0.15, 0.2) is 11.6 Å². The van der Waals surface area contributed by atoms with Gasteiger partial charge in [-0.05, 0) is 56.8 Å². The fourth-order valence-electron chi connectivity index (χ4n) is 5.08. The van der Waals surface area contributed by atoms with Crippen LogP contribution in [-0.2, 0) is 0 Å². The molecule has 25 heavy (non-hydrogen) atoms. The number of nitriles is 1. The molecule has 2 aliphatic carbocycles. The third-order valence-electron chi connectivity index (χ3n) is 6.99. The Morgan fingerprint density at radius 3 is 2.20 bits per heavy atom. The highest BCUT2D eigenvalue weighted by molar-refractivity contribution is 5.26. The number of hydrogen-bond donors (Lipinski definition) is 0. The molecular weight excluding hydrogens is 302 g/mol. The lowest BCUT2D eigenvalue weighted by atomic mass is 9.64. The predicted octanol–water partition coefficient (Wildman–Crippen LogP) is 7.96. The maximum atomic E-state index is 9.96. The summed E-state index contributed by atoms with van der Waals surface area (Å²) in [6.07, 6.45) is 23.6. The zero-order valence-corrected chi connectivity index (χ0v) is 17.0. The highest BCUT2D eigenvalue weighted by atomic mass is 14.4. The van der Waals surface area contributed by atoms with Gasteiger partial charge in [0, 0.05) is 0 Å². The van der Waals surface area contributed by atoms with Crippen LogP contribution in [0.1, 0.15) is 117 Å². The van der Waals surface area contributed by atoms with Gasteiger partial charge in [0.25, 0.3) is 0 Å². The first-order valence-electron chi connectivity index (χ1n) is 11.3. The molecule has 0 N–H and O–H groups in total. The number of allylic oxidation sites excluding steroid dienone is 2. The Morgan fingerprint density at radius 2 is 1.60 bits per heavy atom. The van der Waals surface area contributed by atoms with Crippen LogP contribution in [0.5, 0.6) is 0 Å². The van der Waals surface area contributed by atoms with Crippen LogP contribution in [0.4, 0.5) is 0 Å². The summed E-state index contributed by atoms with van der Waals surface area (Å²) in [5, 5.41) is 9.96. The van der Waals surface area contributed by atoms with Crippen molar-refractivity contribution in [3.05, 3.63) is 11.6 Å². The molecule has 2 rings (SSSR count). The average Bonchev–Trinajstić information content (AvgIpc) is 2.67. The van der Waals surface area contributed by atoms with Crippen molar-refractivity contribution in [2.45, 2.75) is 117 Å². The van der Waals surface area contributed by atoms with E-state index < -0.39 is 0 Å². The minimum Gasteiger partial charge on any atom is -0.197 e. The van der Waals surface area contributed by atoms with E-state index in [0.29, 0.717) is 0 Å². The lowest BCUT2D eigenvalue weighted by molar-refractivity contribution is 0.222. The first kappa shape index (κ1) is 20.5. The fourth-order valence-corrected chi connectivity index (χ4v) is 5.08. The van der Waals surface area contributed by atoms with Crippen LogP contribution in [0.25, 0.3) is 0 Å². The van der Waals surface area contributed by atoms with Gasteiger partial charge in [-0.1, -0.05) is 83.3 Å². The Hall–Kier alpha value is -0.770. The maximum absolute atomic E-state index is 9.96. The molecule has 0 spiro atoms. The molecule has 0 aliphatic heterocycles. The summed E-state index contributed by atoms with van der Waals surface area (Å²) >= 11 is 0. The van der Waals surface area contributed by atoms with Crippen molar-refractivity contribution in [1.82, 2.24) is 0 Å². The quantitative estimate of drug-likeness (QED) is 0.291. The second-order valence-electron chi connectivity index (χ2n) is 8.85. The molecule has 142 valence electrons. The molecule has 1 saturated carbocycles. The molecule has 1 atom stereocenters. The summed E-state index contributed by atoms with van der Waals surface area (Å²) in [4.78, 5) is 0. The third-order valence-corrected chi connectivity index (χ3v) is 6.99. The van der Waals surface area contributed by atoms with Gasteiger partial charge in [0.1, 0.15) is 0 Å². The van der Waals surface area contributed by atoms with Crippen molar-refractivity contribution < 1.29 is 0 Å². The van der Waals surface area contributed by atoms with E-state index in [1.807, 2.05) is 0 Å². The summed E-state index contributed by atoms with van der Waals surface area (Å²) in [6.45, 7) is 4.57. The van der Waals surface area contributed by atoms with Crippen LogP contribution in [-0.4, -0.2) is 0 Å². The van der Waals surface area contributed by atoms with Crippen LogP contribution in [0.2, 0.25) is 0 Å². The van der Waals surface area contributed by atoms with Gasteiger partial charge >= 0.3 is 0 Å². The van der Waals surface area contributed by atoms with Crippen molar-refractivity contribution in [3.8, 4) is 6.07 Å². The summed E-state index contributed by atoms with van der Waals surface area (Å²) in [7, 11) is 0. The van der Waals surface area contributed by atoms with Gasteiger partial charge in [-0.3, -0.25) is 0 Å². The Balaban J connectivity index is 1.78. The van der Waals surface area contributed by atoms with Crippen LogP contribution in [0.3, 0.4) is 0 Å². The molecule has 0 unspecified atom stereocenters. The van der Waals surface area contributed by atoms with E-state index in [-0.39, 0.29) is 5.41 Å². The fraction of sp³-hybridized carbons (Fsp3) is 0.875. The second-order valence-corrected chi connectivity index (χ2v) is 8.85.